The quantitative estimate of drug-likeness (QED) is 0.803. The Bertz CT molecular complexity index is 988. The zero-order valence-corrected chi connectivity index (χ0v) is 16.8. The van der Waals surface area contributed by atoms with Crippen LogP contribution in [-0.2, 0) is 14.9 Å². The van der Waals surface area contributed by atoms with Crippen molar-refractivity contribution in [3.8, 4) is 0 Å². The van der Waals surface area contributed by atoms with Gasteiger partial charge in [-0.1, -0.05) is 54.6 Å². The second kappa shape index (κ2) is 6.25. The number of ketones is 1. The van der Waals surface area contributed by atoms with Crippen LogP contribution in [0.15, 0.2) is 73.3 Å². The summed E-state index contributed by atoms with van der Waals surface area (Å²) in [6.45, 7) is 5.92. The molecule has 0 aliphatic heterocycles. The number of aliphatic hydroxyl groups is 1. The fraction of sp³-hybridized carbons (Fsp3) is 0.346. The topological polar surface area (TPSA) is 46.5 Å². The van der Waals surface area contributed by atoms with Gasteiger partial charge in [0.25, 0.3) is 0 Å². The number of allylic oxidation sites excluding steroid dienone is 1. The average Bonchev–Trinajstić information content (AvgIpc) is 2.75. The van der Waals surface area contributed by atoms with Crippen molar-refractivity contribution in [1.82, 2.24) is 0 Å². The normalized spacial score (nSPS) is 34.9. The smallest absolute Gasteiger partial charge is 0.160 e. The second-order valence-electron chi connectivity index (χ2n) is 8.62. The summed E-state index contributed by atoms with van der Waals surface area (Å²) in [6.07, 6.45) is 5.22. The van der Waals surface area contributed by atoms with Crippen molar-refractivity contribution >= 4 is 5.78 Å². The minimum atomic E-state index is -1.12. The van der Waals surface area contributed by atoms with Gasteiger partial charge in [0.2, 0.25) is 0 Å². The maximum atomic E-state index is 13.5. The maximum Gasteiger partial charge on any atom is 0.160 e. The molecule has 0 saturated heterocycles. The van der Waals surface area contributed by atoms with Gasteiger partial charge in [0.1, 0.15) is 0 Å². The third kappa shape index (κ3) is 2.12. The van der Waals surface area contributed by atoms with Gasteiger partial charge in [-0.2, -0.15) is 0 Å². The van der Waals surface area contributed by atoms with Crippen LogP contribution < -0.4 is 0 Å². The van der Waals surface area contributed by atoms with E-state index < -0.39 is 11.0 Å². The molecule has 0 unspecified atom stereocenters. The van der Waals surface area contributed by atoms with E-state index in [1.165, 1.54) is 11.1 Å². The predicted molar refractivity (Wildman–Crippen MR) is 113 cm³/mol. The summed E-state index contributed by atoms with van der Waals surface area (Å²) in [5.41, 5.74) is 2.94. The summed E-state index contributed by atoms with van der Waals surface area (Å²) in [6, 6.07) is 16.8. The van der Waals surface area contributed by atoms with Crippen molar-refractivity contribution in [2.24, 2.45) is 11.8 Å². The van der Waals surface area contributed by atoms with E-state index in [9.17, 15) is 9.90 Å². The minimum absolute atomic E-state index is 0.0443. The first-order valence-electron chi connectivity index (χ1n) is 10.3. The number of methoxy groups -OCH3 is 1. The first kappa shape index (κ1) is 18.5. The Kier molecular flexibility index (Phi) is 4.00. The third-order valence-electron chi connectivity index (χ3n) is 7.58. The zero-order chi connectivity index (χ0) is 20.4. The summed E-state index contributed by atoms with van der Waals surface area (Å²) >= 11 is 0. The molecule has 0 fully saturated rings. The van der Waals surface area contributed by atoms with Gasteiger partial charge >= 0.3 is 0 Å². The molecule has 2 bridgehead atoms. The van der Waals surface area contributed by atoms with Crippen molar-refractivity contribution in [2.75, 3.05) is 7.11 Å². The molecule has 2 aromatic carbocycles. The van der Waals surface area contributed by atoms with Crippen LogP contribution in [0.5, 0.6) is 0 Å². The molecule has 3 heteroatoms. The molecule has 4 aliphatic carbocycles. The lowest BCUT2D eigenvalue weighted by Crippen LogP contribution is -2.65. The molecule has 4 atom stereocenters. The van der Waals surface area contributed by atoms with Crippen molar-refractivity contribution in [3.63, 3.8) is 0 Å². The molecular weight excluding hydrogens is 360 g/mol. The Hall–Kier alpha value is -2.49. The molecular formula is C26H26O3. The number of hydrogen-bond donors (Lipinski definition) is 1. The fourth-order valence-corrected chi connectivity index (χ4v) is 6.53. The van der Waals surface area contributed by atoms with Crippen LogP contribution in [0.1, 0.15) is 41.5 Å². The number of hydrogen-bond acceptors (Lipinski definition) is 3. The Labute approximate surface area is 171 Å². The third-order valence-corrected chi connectivity index (χ3v) is 7.58. The Morgan fingerprint density at radius 2 is 1.72 bits per heavy atom. The highest BCUT2D eigenvalue weighted by Gasteiger charge is 2.67. The Morgan fingerprint density at radius 3 is 2.28 bits per heavy atom. The van der Waals surface area contributed by atoms with Gasteiger partial charge in [0.15, 0.2) is 5.78 Å². The van der Waals surface area contributed by atoms with E-state index in [0.29, 0.717) is 6.42 Å². The lowest BCUT2D eigenvalue weighted by Gasteiger charge is -2.62. The average molecular weight is 386 g/mol. The molecule has 148 valence electrons. The van der Waals surface area contributed by atoms with Crippen LogP contribution in [0.3, 0.4) is 0 Å². The molecule has 0 amide bonds. The van der Waals surface area contributed by atoms with Gasteiger partial charge in [0.05, 0.1) is 17.1 Å². The SMILES string of the molecule is C=CC[C@@]1(O)C=CC(=O)[C@H]2[C@@H]1C1c3ccccc3C2([C@@H](C)OC)c2ccccc21. The van der Waals surface area contributed by atoms with E-state index in [2.05, 4.69) is 49.9 Å². The lowest BCUT2D eigenvalue weighted by molar-refractivity contribution is -0.137. The molecule has 3 nitrogen and oxygen atoms in total. The molecule has 0 radical (unpaired) electrons. The summed E-state index contributed by atoms with van der Waals surface area (Å²) < 4.78 is 5.97. The van der Waals surface area contributed by atoms with Gasteiger partial charge in [-0.05, 0) is 47.8 Å². The molecule has 6 rings (SSSR count). The van der Waals surface area contributed by atoms with E-state index in [1.54, 1.807) is 25.3 Å². The largest absolute Gasteiger partial charge is 0.385 e. The molecule has 2 aromatic rings. The molecule has 29 heavy (non-hydrogen) atoms. The number of rotatable bonds is 4. The van der Waals surface area contributed by atoms with Gasteiger partial charge in [0, 0.05) is 24.9 Å². The Balaban J connectivity index is 1.93. The van der Waals surface area contributed by atoms with E-state index in [1.807, 2.05) is 12.1 Å². The van der Waals surface area contributed by atoms with Crippen LogP contribution in [0.2, 0.25) is 0 Å². The van der Waals surface area contributed by atoms with Crippen LogP contribution in [-0.4, -0.2) is 29.7 Å². The lowest BCUT2D eigenvalue weighted by atomic mass is 9.41. The minimum Gasteiger partial charge on any atom is -0.385 e. The van der Waals surface area contributed by atoms with Crippen LogP contribution >= 0.6 is 0 Å². The summed E-state index contributed by atoms with van der Waals surface area (Å²) in [5, 5.41) is 11.8. The van der Waals surface area contributed by atoms with Crippen LogP contribution in [0.4, 0.5) is 0 Å². The monoisotopic (exact) mass is 386 g/mol. The molecule has 4 aliphatic rings. The van der Waals surface area contributed by atoms with Crippen LogP contribution in [0.25, 0.3) is 0 Å². The fourth-order valence-electron chi connectivity index (χ4n) is 6.53. The maximum absolute atomic E-state index is 13.5. The highest BCUT2D eigenvalue weighted by Crippen LogP contribution is 2.66. The predicted octanol–water partition coefficient (Wildman–Crippen LogP) is 4.15. The number of benzene rings is 2. The summed E-state index contributed by atoms with van der Waals surface area (Å²) in [4.78, 5) is 13.5. The number of ether oxygens (including phenoxy) is 1. The van der Waals surface area contributed by atoms with Crippen molar-refractivity contribution in [3.05, 3.63) is 95.6 Å². The van der Waals surface area contributed by atoms with Gasteiger partial charge < -0.3 is 9.84 Å². The Morgan fingerprint density at radius 1 is 1.14 bits per heavy atom. The molecule has 0 spiro atoms. The summed E-state index contributed by atoms with van der Waals surface area (Å²) in [7, 11) is 1.71. The van der Waals surface area contributed by atoms with E-state index in [0.717, 1.165) is 11.1 Å². The molecule has 1 N–H and O–H groups in total. The van der Waals surface area contributed by atoms with E-state index in [-0.39, 0.29) is 29.6 Å². The standard InChI is InChI=1S/C26H26O3/c1-4-14-25(28)15-13-21(27)23-24(25)22-17-9-5-7-11-19(17)26(23,16(2)29-3)20-12-8-6-10-18(20)22/h4-13,15-16,22-24,28H,1,14H2,2-3H3/t16-,22?,23+,24+,25-,26?/m1/s1. The van der Waals surface area contributed by atoms with E-state index in [4.69, 9.17) is 4.74 Å². The highest BCUT2D eigenvalue weighted by molar-refractivity contribution is 5.97. The number of carbonyl (C=O) groups excluding carboxylic acids is 1. The molecule has 0 aromatic heterocycles. The van der Waals surface area contributed by atoms with Gasteiger partial charge in [-0.15, -0.1) is 6.58 Å². The zero-order valence-electron chi connectivity index (χ0n) is 16.8. The van der Waals surface area contributed by atoms with Gasteiger partial charge in [-0.25, -0.2) is 0 Å². The van der Waals surface area contributed by atoms with Crippen molar-refractivity contribution in [2.45, 2.75) is 36.4 Å². The number of carbonyl (C=O) groups is 1. The molecule has 0 saturated carbocycles. The van der Waals surface area contributed by atoms with Crippen LogP contribution in [0, 0.1) is 11.8 Å². The second-order valence-corrected chi connectivity index (χ2v) is 8.62. The van der Waals surface area contributed by atoms with Gasteiger partial charge in [-0.3, -0.25) is 4.79 Å². The van der Waals surface area contributed by atoms with E-state index >= 15 is 0 Å². The molecule has 0 heterocycles. The van der Waals surface area contributed by atoms with Crippen molar-refractivity contribution in [1.29, 1.82) is 0 Å². The highest BCUT2D eigenvalue weighted by atomic mass is 16.5. The van der Waals surface area contributed by atoms with Crippen molar-refractivity contribution < 1.29 is 14.6 Å². The first-order chi connectivity index (χ1) is 14.0. The first-order valence-corrected chi connectivity index (χ1v) is 10.3. The summed E-state index contributed by atoms with van der Waals surface area (Å²) in [5.74, 6) is -0.624.